The monoisotopic (exact) mass is 256 g/mol. The van der Waals surface area contributed by atoms with E-state index in [0.717, 1.165) is 26.1 Å². The molecule has 2 unspecified atom stereocenters. The van der Waals surface area contributed by atoms with Gasteiger partial charge in [0.2, 0.25) is 0 Å². The third kappa shape index (κ3) is 4.58. The highest BCUT2D eigenvalue weighted by Gasteiger charge is 2.27. The van der Waals surface area contributed by atoms with Gasteiger partial charge in [-0.15, -0.1) is 0 Å². The van der Waals surface area contributed by atoms with Crippen LogP contribution in [-0.4, -0.2) is 61.1 Å². The second-order valence-corrected chi connectivity index (χ2v) is 5.27. The molecule has 0 saturated carbocycles. The first-order valence-electron chi connectivity index (χ1n) is 7.18. The van der Waals surface area contributed by atoms with E-state index in [4.69, 9.17) is 4.74 Å². The van der Waals surface area contributed by atoms with Crippen LogP contribution in [0.2, 0.25) is 0 Å². The molecule has 1 aliphatic heterocycles. The fourth-order valence-corrected chi connectivity index (χ4v) is 2.78. The quantitative estimate of drug-likeness (QED) is 0.702. The second-order valence-electron chi connectivity index (χ2n) is 5.27. The SMILES string of the molecule is CCOC(=O)CC(C)N1CCCN(C)CC1CC. The first kappa shape index (κ1) is 15.4. The highest BCUT2D eigenvalue weighted by atomic mass is 16.5. The summed E-state index contributed by atoms with van der Waals surface area (Å²) in [4.78, 5) is 16.5. The Balaban J connectivity index is 2.57. The Labute approximate surface area is 111 Å². The first-order chi connectivity index (χ1) is 8.58. The molecule has 1 heterocycles. The van der Waals surface area contributed by atoms with Gasteiger partial charge in [0.1, 0.15) is 0 Å². The van der Waals surface area contributed by atoms with Crippen molar-refractivity contribution in [2.45, 2.75) is 52.1 Å². The summed E-state index contributed by atoms with van der Waals surface area (Å²) in [5.74, 6) is -0.0718. The van der Waals surface area contributed by atoms with Crippen LogP contribution in [0.3, 0.4) is 0 Å². The minimum Gasteiger partial charge on any atom is -0.466 e. The Bertz CT molecular complexity index is 258. The van der Waals surface area contributed by atoms with Gasteiger partial charge in [-0.3, -0.25) is 9.69 Å². The summed E-state index contributed by atoms with van der Waals surface area (Å²) in [5, 5.41) is 0. The summed E-state index contributed by atoms with van der Waals surface area (Å²) in [6, 6.07) is 0.836. The van der Waals surface area contributed by atoms with E-state index in [-0.39, 0.29) is 12.0 Å². The zero-order chi connectivity index (χ0) is 13.5. The number of carbonyl (C=O) groups is 1. The van der Waals surface area contributed by atoms with Crippen molar-refractivity contribution >= 4 is 5.97 Å². The molecule has 18 heavy (non-hydrogen) atoms. The standard InChI is InChI=1S/C14H28N2O2/c1-5-13-11-15(4)8-7-9-16(13)12(3)10-14(17)18-6-2/h12-13H,5-11H2,1-4H3. The van der Waals surface area contributed by atoms with E-state index in [1.165, 1.54) is 6.42 Å². The zero-order valence-corrected chi connectivity index (χ0v) is 12.3. The fourth-order valence-electron chi connectivity index (χ4n) is 2.78. The minimum atomic E-state index is -0.0718. The van der Waals surface area contributed by atoms with Gasteiger partial charge in [-0.2, -0.15) is 0 Å². The number of carbonyl (C=O) groups excluding carboxylic acids is 1. The maximum absolute atomic E-state index is 11.6. The van der Waals surface area contributed by atoms with Crippen LogP contribution in [0.15, 0.2) is 0 Å². The van der Waals surface area contributed by atoms with Crippen molar-refractivity contribution in [2.75, 3.05) is 33.3 Å². The predicted octanol–water partition coefficient (Wildman–Crippen LogP) is 1.74. The van der Waals surface area contributed by atoms with Gasteiger partial charge in [-0.05, 0) is 46.8 Å². The maximum atomic E-state index is 11.6. The predicted molar refractivity (Wildman–Crippen MR) is 73.6 cm³/mol. The normalized spacial score (nSPS) is 24.6. The Hall–Kier alpha value is -0.610. The maximum Gasteiger partial charge on any atom is 0.307 e. The lowest BCUT2D eigenvalue weighted by molar-refractivity contribution is -0.144. The molecule has 0 aromatic carbocycles. The van der Waals surface area contributed by atoms with Gasteiger partial charge in [-0.1, -0.05) is 6.92 Å². The van der Waals surface area contributed by atoms with Crippen molar-refractivity contribution in [1.29, 1.82) is 0 Å². The first-order valence-corrected chi connectivity index (χ1v) is 7.18. The molecule has 0 radical (unpaired) electrons. The lowest BCUT2D eigenvalue weighted by Crippen LogP contribution is -2.45. The molecule has 0 N–H and O–H groups in total. The van der Waals surface area contributed by atoms with Gasteiger partial charge in [-0.25, -0.2) is 0 Å². The molecule has 1 fully saturated rings. The molecule has 0 spiro atoms. The number of hydrogen-bond donors (Lipinski definition) is 0. The lowest BCUT2D eigenvalue weighted by atomic mass is 10.1. The fraction of sp³-hybridized carbons (Fsp3) is 0.929. The largest absolute Gasteiger partial charge is 0.466 e. The Morgan fingerprint density at radius 2 is 2.11 bits per heavy atom. The smallest absolute Gasteiger partial charge is 0.307 e. The highest BCUT2D eigenvalue weighted by Crippen LogP contribution is 2.17. The van der Waals surface area contributed by atoms with E-state index < -0.39 is 0 Å². The molecule has 4 nitrogen and oxygen atoms in total. The van der Waals surface area contributed by atoms with Crippen LogP contribution in [0.5, 0.6) is 0 Å². The summed E-state index contributed by atoms with van der Waals surface area (Å²) in [6.45, 7) is 10.1. The molecule has 0 amide bonds. The van der Waals surface area contributed by atoms with E-state index >= 15 is 0 Å². The summed E-state index contributed by atoms with van der Waals surface area (Å²) in [5.41, 5.74) is 0. The summed E-state index contributed by atoms with van der Waals surface area (Å²) in [6.07, 6.45) is 2.83. The number of likely N-dealkylation sites (N-methyl/N-ethyl adjacent to an activating group) is 1. The third-order valence-electron chi connectivity index (χ3n) is 3.75. The average molecular weight is 256 g/mol. The van der Waals surface area contributed by atoms with Gasteiger partial charge in [0.25, 0.3) is 0 Å². The van der Waals surface area contributed by atoms with E-state index in [9.17, 15) is 4.79 Å². The van der Waals surface area contributed by atoms with Crippen LogP contribution in [0, 0.1) is 0 Å². The molecule has 0 aromatic rings. The second kappa shape index (κ2) is 7.74. The topological polar surface area (TPSA) is 32.8 Å². The van der Waals surface area contributed by atoms with Crippen molar-refractivity contribution < 1.29 is 9.53 Å². The Kier molecular flexibility index (Phi) is 6.65. The van der Waals surface area contributed by atoms with Crippen LogP contribution < -0.4 is 0 Å². The third-order valence-corrected chi connectivity index (χ3v) is 3.75. The number of rotatable bonds is 5. The summed E-state index contributed by atoms with van der Waals surface area (Å²) >= 11 is 0. The van der Waals surface area contributed by atoms with Crippen LogP contribution in [0.25, 0.3) is 0 Å². The molecule has 0 bridgehead atoms. The van der Waals surface area contributed by atoms with Crippen LogP contribution >= 0.6 is 0 Å². The van der Waals surface area contributed by atoms with E-state index in [2.05, 4.69) is 30.7 Å². The lowest BCUT2D eigenvalue weighted by Gasteiger charge is -2.34. The number of esters is 1. The van der Waals surface area contributed by atoms with Crippen LogP contribution in [-0.2, 0) is 9.53 Å². The van der Waals surface area contributed by atoms with E-state index in [1.54, 1.807) is 0 Å². The molecular weight excluding hydrogens is 228 g/mol. The zero-order valence-electron chi connectivity index (χ0n) is 12.3. The van der Waals surface area contributed by atoms with Gasteiger partial charge >= 0.3 is 5.97 Å². The van der Waals surface area contributed by atoms with Crippen LogP contribution in [0.4, 0.5) is 0 Å². The van der Waals surface area contributed by atoms with Crippen LogP contribution in [0.1, 0.15) is 40.0 Å². The van der Waals surface area contributed by atoms with Crippen molar-refractivity contribution in [3.05, 3.63) is 0 Å². The highest BCUT2D eigenvalue weighted by molar-refractivity contribution is 5.70. The molecule has 4 heteroatoms. The average Bonchev–Trinajstić information content (AvgIpc) is 2.50. The van der Waals surface area contributed by atoms with Crippen molar-refractivity contribution in [1.82, 2.24) is 9.80 Å². The molecular formula is C14H28N2O2. The van der Waals surface area contributed by atoms with Gasteiger partial charge in [0, 0.05) is 18.6 Å². The van der Waals surface area contributed by atoms with E-state index in [1.807, 2.05) is 6.92 Å². The summed E-state index contributed by atoms with van der Waals surface area (Å²) < 4.78 is 5.05. The molecule has 0 aliphatic carbocycles. The Morgan fingerprint density at radius 3 is 2.72 bits per heavy atom. The van der Waals surface area contributed by atoms with Gasteiger partial charge < -0.3 is 9.64 Å². The molecule has 0 aromatic heterocycles. The number of hydrogen-bond acceptors (Lipinski definition) is 4. The van der Waals surface area contributed by atoms with Crippen molar-refractivity contribution in [3.8, 4) is 0 Å². The summed E-state index contributed by atoms with van der Waals surface area (Å²) in [7, 11) is 2.18. The number of nitrogens with zero attached hydrogens (tertiary/aromatic N) is 2. The van der Waals surface area contributed by atoms with Crippen molar-refractivity contribution in [2.24, 2.45) is 0 Å². The van der Waals surface area contributed by atoms with Gasteiger partial charge in [0.15, 0.2) is 0 Å². The minimum absolute atomic E-state index is 0.0718. The molecule has 1 aliphatic rings. The Morgan fingerprint density at radius 1 is 1.39 bits per heavy atom. The molecule has 2 atom stereocenters. The molecule has 1 rings (SSSR count). The van der Waals surface area contributed by atoms with E-state index in [0.29, 0.717) is 19.1 Å². The molecule has 106 valence electrons. The molecule has 1 saturated heterocycles. The van der Waals surface area contributed by atoms with Crippen molar-refractivity contribution in [3.63, 3.8) is 0 Å². The van der Waals surface area contributed by atoms with Gasteiger partial charge in [0.05, 0.1) is 13.0 Å². The number of ether oxygens (including phenoxy) is 1.